The fourth-order valence-corrected chi connectivity index (χ4v) is 1.15. The number of terminal acetylenes is 1. The van der Waals surface area contributed by atoms with Gasteiger partial charge in [-0.05, 0) is 11.6 Å². The molecule has 0 heterocycles. The lowest BCUT2D eigenvalue weighted by atomic mass is 10.2. The highest BCUT2D eigenvalue weighted by Gasteiger charge is 2.15. The molecular formula is C11H11NO4. The second kappa shape index (κ2) is 5.73. The third-order valence-corrected chi connectivity index (χ3v) is 1.91. The first-order chi connectivity index (χ1) is 7.69. The summed E-state index contributed by atoms with van der Waals surface area (Å²) in [5.74, 6) is 2.54. The zero-order valence-electron chi connectivity index (χ0n) is 8.55. The summed E-state index contributed by atoms with van der Waals surface area (Å²) in [5.41, 5.74) is 0.305. The molecule has 0 fully saturated rings. The van der Waals surface area contributed by atoms with E-state index < -0.39 is 4.92 Å². The Bertz CT molecular complexity index is 422. The number of benzene rings is 1. The maximum Gasteiger partial charge on any atom is 0.311 e. The molecule has 16 heavy (non-hydrogen) atoms. The zero-order chi connectivity index (χ0) is 12.0. The number of nitro groups is 1. The topological polar surface area (TPSA) is 72.6 Å². The lowest BCUT2D eigenvalue weighted by molar-refractivity contribution is -0.385. The summed E-state index contributed by atoms with van der Waals surface area (Å²) in [6.45, 7) is -0.0126. The van der Waals surface area contributed by atoms with Crippen LogP contribution in [0.5, 0.6) is 5.75 Å². The summed E-state index contributed by atoms with van der Waals surface area (Å²) < 4.78 is 5.17. The molecule has 0 atom stereocenters. The molecule has 0 saturated heterocycles. The van der Waals surface area contributed by atoms with Crippen molar-refractivity contribution in [1.29, 1.82) is 0 Å². The molecule has 0 saturated carbocycles. The molecule has 1 aromatic rings. The molecule has 0 aliphatic heterocycles. The number of aliphatic hydroxyl groups is 1. The highest BCUT2D eigenvalue weighted by atomic mass is 16.6. The number of nitrogens with zero attached hydrogens (tertiary/aromatic N) is 1. The average molecular weight is 221 g/mol. The van der Waals surface area contributed by atoms with Gasteiger partial charge in [0, 0.05) is 12.5 Å². The molecule has 0 radical (unpaired) electrons. The third kappa shape index (κ3) is 2.97. The molecule has 5 heteroatoms. The molecule has 0 aliphatic carbocycles. The average Bonchev–Trinajstić information content (AvgIpc) is 2.29. The standard InChI is InChI=1S/C11H11NO4/c1-2-3-6-16-11-5-4-9(8-13)7-10(11)12(14)15/h1,4-5,7,13H,3,6,8H2. The minimum Gasteiger partial charge on any atom is -0.486 e. The van der Waals surface area contributed by atoms with Crippen LogP contribution in [0.15, 0.2) is 18.2 Å². The van der Waals surface area contributed by atoms with Crippen molar-refractivity contribution in [2.24, 2.45) is 0 Å². The number of rotatable bonds is 5. The fourth-order valence-electron chi connectivity index (χ4n) is 1.15. The Balaban J connectivity index is 2.90. The molecule has 1 aromatic carbocycles. The van der Waals surface area contributed by atoms with E-state index in [1.54, 1.807) is 6.07 Å². The monoisotopic (exact) mass is 221 g/mol. The normalized spacial score (nSPS) is 9.50. The summed E-state index contributed by atoms with van der Waals surface area (Å²) in [6.07, 6.45) is 5.43. The van der Waals surface area contributed by atoms with Crippen LogP contribution in [0.4, 0.5) is 5.69 Å². The Morgan fingerprint density at radius 1 is 1.56 bits per heavy atom. The van der Waals surface area contributed by atoms with Crippen LogP contribution in [0.3, 0.4) is 0 Å². The molecule has 1 rings (SSSR count). The lowest BCUT2D eigenvalue weighted by Crippen LogP contribution is -2.00. The van der Waals surface area contributed by atoms with E-state index in [-0.39, 0.29) is 24.7 Å². The molecule has 0 amide bonds. The summed E-state index contributed by atoms with van der Waals surface area (Å²) in [4.78, 5) is 10.2. The molecule has 0 unspecified atom stereocenters. The lowest BCUT2D eigenvalue weighted by Gasteiger charge is -2.05. The van der Waals surface area contributed by atoms with Crippen LogP contribution in [0.1, 0.15) is 12.0 Å². The predicted octanol–water partition coefficient (Wildman–Crippen LogP) is 1.49. The van der Waals surface area contributed by atoms with E-state index in [4.69, 9.17) is 16.3 Å². The molecule has 1 N–H and O–H groups in total. The van der Waals surface area contributed by atoms with E-state index in [0.29, 0.717) is 12.0 Å². The SMILES string of the molecule is C#CCCOc1ccc(CO)cc1[N+](=O)[O-]. The Labute approximate surface area is 92.8 Å². The molecule has 84 valence electrons. The van der Waals surface area contributed by atoms with Crippen LogP contribution in [0, 0.1) is 22.5 Å². The second-order valence-electron chi connectivity index (χ2n) is 3.02. The predicted molar refractivity (Wildman–Crippen MR) is 58.0 cm³/mol. The van der Waals surface area contributed by atoms with Crippen LogP contribution in [0.25, 0.3) is 0 Å². The van der Waals surface area contributed by atoms with E-state index >= 15 is 0 Å². The van der Waals surface area contributed by atoms with Gasteiger partial charge in [0.1, 0.15) is 0 Å². The van der Waals surface area contributed by atoms with Crippen LogP contribution in [-0.2, 0) is 6.61 Å². The van der Waals surface area contributed by atoms with Gasteiger partial charge in [-0.3, -0.25) is 10.1 Å². The van der Waals surface area contributed by atoms with Crippen molar-refractivity contribution >= 4 is 5.69 Å². The third-order valence-electron chi connectivity index (χ3n) is 1.91. The summed E-state index contributed by atoms with van der Waals surface area (Å²) in [5, 5.41) is 19.6. The highest BCUT2D eigenvalue weighted by Crippen LogP contribution is 2.28. The number of ether oxygens (including phenoxy) is 1. The first-order valence-electron chi connectivity index (χ1n) is 4.63. The minimum atomic E-state index is -0.551. The number of nitro benzene ring substituents is 1. The Kier molecular flexibility index (Phi) is 4.30. The second-order valence-corrected chi connectivity index (χ2v) is 3.02. The van der Waals surface area contributed by atoms with Gasteiger partial charge in [0.25, 0.3) is 0 Å². The first kappa shape index (κ1) is 12.0. The summed E-state index contributed by atoms with van der Waals surface area (Å²) in [7, 11) is 0. The van der Waals surface area contributed by atoms with Crippen molar-refractivity contribution < 1.29 is 14.8 Å². The van der Waals surface area contributed by atoms with Crippen molar-refractivity contribution in [2.75, 3.05) is 6.61 Å². The number of hydrogen-bond donors (Lipinski definition) is 1. The van der Waals surface area contributed by atoms with Crippen LogP contribution in [0.2, 0.25) is 0 Å². The highest BCUT2D eigenvalue weighted by molar-refractivity contribution is 5.48. The Hall–Kier alpha value is -2.06. The van der Waals surface area contributed by atoms with Gasteiger partial charge in [-0.2, -0.15) is 0 Å². The first-order valence-corrected chi connectivity index (χ1v) is 4.63. The summed E-state index contributed by atoms with van der Waals surface area (Å²) in [6, 6.07) is 4.31. The smallest absolute Gasteiger partial charge is 0.311 e. The van der Waals surface area contributed by atoms with Gasteiger partial charge in [0.05, 0.1) is 18.1 Å². The maximum atomic E-state index is 10.7. The van der Waals surface area contributed by atoms with Gasteiger partial charge in [-0.25, -0.2) is 0 Å². The molecule has 0 aromatic heterocycles. The van der Waals surface area contributed by atoms with Crippen molar-refractivity contribution in [3.8, 4) is 18.1 Å². The Morgan fingerprint density at radius 3 is 2.88 bits per heavy atom. The quantitative estimate of drug-likeness (QED) is 0.354. The summed E-state index contributed by atoms with van der Waals surface area (Å²) >= 11 is 0. The Morgan fingerprint density at radius 2 is 2.31 bits per heavy atom. The molecule has 5 nitrogen and oxygen atoms in total. The van der Waals surface area contributed by atoms with Gasteiger partial charge in [-0.1, -0.05) is 6.07 Å². The van der Waals surface area contributed by atoms with Crippen molar-refractivity contribution in [1.82, 2.24) is 0 Å². The fraction of sp³-hybridized carbons (Fsp3) is 0.273. The van der Waals surface area contributed by atoms with E-state index in [0.717, 1.165) is 0 Å². The van der Waals surface area contributed by atoms with Crippen molar-refractivity contribution in [3.05, 3.63) is 33.9 Å². The van der Waals surface area contributed by atoms with E-state index in [1.807, 2.05) is 0 Å². The van der Waals surface area contributed by atoms with Crippen LogP contribution in [-0.4, -0.2) is 16.6 Å². The van der Waals surface area contributed by atoms with Crippen molar-refractivity contribution in [3.63, 3.8) is 0 Å². The maximum absolute atomic E-state index is 10.7. The van der Waals surface area contributed by atoms with Gasteiger partial charge in [0.2, 0.25) is 0 Å². The molecule has 0 aliphatic rings. The largest absolute Gasteiger partial charge is 0.486 e. The number of hydrogen-bond acceptors (Lipinski definition) is 4. The minimum absolute atomic E-state index is 0.163. The van der Waals surface area contributed by atoms with Gasteiger partial charge in [0.15, 0.2) is 5.75 Å². The van der Waals surface area contributed by atoms with Crippen LogP contribution >= 0.6 is 0 Å². The van der Waals surface area contributed by atoms with Gasteiger partial charge >= 0.3 is 5.69 Å². The van der Waals surface area contributed by atoms with E-state index in [2.05, 4.69) is 5.92 Å². The van der Waals surface area contributed by atoms with Crippen molar-refractivity contribution in [2.45, 2.75) is 13.0 Å². The molecule has 0 bridgehead atoms. The van der Waals surface area contributed by atoms with E-state index in [9.17, 15) is 10.1 Å². The molecular weight excluding hydrogens is 210 g/mol. The van der Waals surface area contributed by atoms with E-state index in [1.165, 1.54) is 12.1 Å². The number of aliphatic hydroxyl groups excluding tert-OH is 1. The molecule has 0 spiro atoms. The zero-order valence-corrected chi connectivity index (χ0v) is 8.55. The van der Waals surface area contributed by atoms with Gasteiger partial charge in [-0.15, -0.1) is 12.3 Å². The van der Waals surface area contributed by atoms with Crippen LogP contribution < -0.4 is 4.74 Å². The van der Waals surface area contributed by atoms with Gasteiger partial charge < -0.3 is 9.84 Å².